The lowest BCUT2D eigenvalue weighted by Crippen LogP contribution is -2.31. The molecule has 0 aliphatic rings. The Morgan fingerprint density at radius 2 is 2.29 bits per heavy atom. The van der Waals surface area contributed by atoms with E-state index in [1.807, 2.05) is 26.1 Å². The number of amides is 1. The van der Waals surface area contributed by atoms with Crippen molar-refractivity contribution in [2.75, 3.05) is 27.3 Å². The van der Waals surface area contributed by atoms with Crippen molar-refractivity contribution >= 4 is 33.2 Å². The molecular weight excluding hydrogens is 302 g/mol. The molecule has 3 nitrogen and oxygen atoms in total. The zero-order valence-electron chi connectivity index (χ0n) is 10.4. The van der Waals surface area contributed by atoms with E-state index in [-0.39, 0.29) is 11.8 Å². The highest BCUT2D eigenvalue weighted by molar-refractivity contribution is 9.11. The number of ether oxygens (including phenoxy) is 1. The number of likely N-dealkylation sites (N-methyl/N-ethyl adjacent to an activating group) is 1. The zero-order chi connectivity index (χ0) is 12.8. The molecule has 0 aliphatic carbocycles. The van der Waals surface area contributed by atoms with Gasteiger partial charge >= 0.3 is 0 Å². The maximum atomic E-state index is 12.1. The number of hydrogen-bond acceptors (Lipinski definition) is 3. The van der Waals surface area contributed by atoms with E-state index in [1.54, 1.807) is 23.3 Å². The SMILES string of the molecule is COCCCN(C)C(=O)C(C)c1ccc(Br)s1. The van der Waals surface area contributed by atoms with Crippen molar-refractivity contribution in [3.05, 3.63) is 20.8 Å². The summed E-state index contributed by atoms with van der Waals surface area (Å²) in [5.41, 5.74) is 0. The number of carbonyl (C=O) groups excluding carboxylic acids is 1. The van der Waals surface area contributed by atoms with Crippen LogP contribution in [0.3, 0.4) is 0 Å². The van der Waals surface area contributed by atoms with E-state index in [2.05, 4.69) is 15.9 Å². The molecule has 0 spiro atoms. The molecule has 1 unspecified atom stereocenters. The summed E-state index contributed by atoms with van der Waals surface area (Å²) in [5.74, 6) is 0.0919. The summed E-state index contributed by atoms with van der Waals surface area (Å²) >= 11 is 5.03. The van der Waals surface area contributed by atoms with E-state index < -0.39 is 0 Å². The maximum absolute atomic E-state index is 12.1. The third kappa shape index (κ3) is 4.41. The number of nitrogens with zero attached hydrogens (tertiary/aromatic N) is 1. The number of rotatable bonds is 6. The predicted octanol–water partition coefficient (Wildman–Crippen LogP) is 3.11. The van der Waals surface area contributed by atoms with Gasteiger partial charge in [-0.3, -0.25) is 4.79 Å². The quantitative estimate of drug-likeness (QED) is 0.754. The lowest BCUT2D eigenvalue weighted by Gasteiger charge is -2.20. The second-order valence-corrected chi connectivity index (χ2v) is 6.46. The molecular formula is C12H18BrNO2S. The third-order valence-electron chi connectivity index (χ3n) is 2.61. The monoisotopic (exact) mass is 319 g/mol. The first-order valence-corrected chi connectivity index (χ1v) is 7.16. The van der Waals surface area contributed by atoms with Crippen LogP contribution in [-0.2, 0) is 9.53 Å². The van der Waals surface area contributed by atoms with Crippen LogP contribution < -0.4 is 0 Å². The zero-order valence-corrected chi connectivity index (χ0v) is 12.8. The molecule has 0 aromatic carbocycles. The molecule has 1 aromatic rings. The minimum atomic E-state index is -0.0705. The Bertz CT molecular complexity index is 367. The highest BCUT2D eigenvalue weighted by Gasteiger charge is 2.20. The minimum absolute atomic E-state index is 0.0705. The summed E-state index contributed by atoms with van der Waals surface area (Å²) in [4.78, 5) is 15.0. The third-order valence-corrected chi connectivity index (χ3v) is 4.42. The highest BCUT2D eigenvalue weighted by atomic mass is 79.9. The number of thiophene rings is 1. The minimum Gasteiger partial charge on any atom is -0.385 e. The smallest absolute Gasteiger partial charge is 0.230 e. The summed E-state index contributed by atoms with van der Waals surface area (Å²) in [6, 6.07) is 3.98. The van der Waals surface area contributed by atoms with Gasteiger partial charge in [0.1, 0.15) is 0 Å². The second-order valence-electron chi connectivity index (χ2n) is 3.97. The van der Waals surface area contributed by atoms with Crippen molar-refractivity contribution in [3.63, 3.8) is 0 Å². The van der Waals surface area contributed by atoms with Crippen LogP contribution in [0.15, 0.2) is 15.9 Å². The molecule has 0 saturated carbocycles. The number of halogens is 1. The molecule has 0 fully saturated rings. The van der Waals surface area contributed by atoms with E-state index in [0.717, 1.165) is 21.6 Å². The van der Waals surface area contributed by atoms with Crippen LogP contribution in [0, 0.1) is 0 Å². The van der Waals surface area contributed by atoms with E-state index in [4.69, 9.17) is 4.74 Å². The topological polar surface area (TPSA) is 29.5 Å². The standard InChI is InChI=1S/C12H18BrNO2S/c1-9(10-5-6-11(13)17-10)12(15)14(2)7-4-8-16-3/h5-6,9H,4,7-8H2,1-3H3. The molecule has 1 rings (SSSR count). The fraction of sp³-hybridized carbons (Fsp3) is 0.583. The van der Waals surface area contributed by atoms with Gasteiger partial charge in [-0.2, -0.15) is 0 Å². The van der Waals surface area contributed by atoms with E-state index in [9.17, 15) is 4.79 Å². The van der Waals surface area contributed by atoms with Gasteiger partial charge in [0.2, 0.25) is 5.91 Å². The first-order valence-electron chi connectivity index (χ1n) is 5.55. The molecule has 1 atom stereocenters. The van der Waals surface area contributed by atoms with Gasteiger partial charge in [-0.15, -0.1) is 11.3 Å². The van der Waals surface area contributed by atoms with Gasteiger partial charge in [0, 0.05) is 32.2 Å². The Morgan fingerprint density at radius 3 is 2.82 bits per heavy atom. The van der Waals surface area contributed by atoms with Crippen LogP contribution in [0.1, 0.15) is 24.1 Å². The summed E-state index contributed by atoms with van der Waals surface area (Å²) in [5, 5.41) is 0. The van der Waals surface area contributed by atoms with Crippen LogP contribution >= 0.6 is 27.3 Å². The van der Waals surface area contributed by atoms with Crippen molar-refractivity contribution in [2.24, 2.45) is 0 Å². The molecule has 17 heavy (non-hydrogen) atoms. The van der Waals surface area contributed by atoms with Crippen LogP contribution in [0.25, 0.3) is 0 Å². The molecule has 0 saturated heterocycles. The van der Waals surface area contributed by atoms with Gasteiger partial charge < -0.3 is 9.64 Å². The van der Waals surface area contributed by atoms with E-state index in [1.165, 1.54) is 0 Å². The van der Waals surface area contributed by atoms with Crippen molar-refractivity contribution in [1.29, 1.82) is 0 Å². The summed E-state index contributed by atoms with van der Waals surface area (Å²) in [7, 11) is 3.52. The Kier molecular flexibility index (Phi) is 6.16. The van der Waals surface area contributed by atoms with Gasteiger partial charge in [-0.05, 0) is 41.4 Å². The average molecular weight is 320 g/mol. The lowest BCUT2D eigenvalue weighted by atomic mass is 10.1. The molecule has 96 valence electrons. The lowest BCUT2D eigenvalue weighted by molar-refractivity contribution is -0.131. The number of methoxy groups -OCH3 is 1. The molecule has 1 amide bonds. The Balaban J connectivity index is 2.51. The van der Waals surface area contributed by atoms with Gasteiger partial charge in [-0.1, -0.05) is 0 Å². The van der Waals surface area contributed by atoms with E-state index in [0.29, 0.717) is 6.61 Å². The van der Waals surface area contributed by atoms with Crippen LogP contribution in [0.2, 0.25) is 0 Å². The summed E-state index contributed by atoms with van der Waals surface area (Å²) < 4.78 is 6.04. The fourth-order valence-corrected chi connectivity index (χ4v) is 3.04. The number of hydrogen-bond donors (Lipinski definition) is 0. The van der Waals surface area contributed by atoms with E-state index >= 15 is 0 Å². The molecule has 0 aliphatic heterocycles. The van der Waals surface area contributed by atoms with Crippen LogP contribution in [-0.4, -0.2) is 38.1 Å². The fourth-order valence-electron chi connectivity index (χ4n) is 1.57. The normalized spacial score (nSPS) is 12.5. The van der Waals surface area contributed by atoms with Crippen LogP contribution in [0.4, 0.5) is 0 Å². The highest BCUT2D eigenvalue weighted by Crippen LogP contribution is 2.29. The number of carbonyl (C=O) groups is 1. The van der Waals surface area contributed by atoms with Crippen molar-refractivity contribution in [1.82, 2.24) is 4.90 Å². The molecule has 1 heterocycles. The molecule has 0 bridgehead atoms. The van der Waals surface area contributed by atoms with Crippen molar-refractivity contribution in [2.45, 2.75) is 19.3 Å². The molecule has 0 radical (unpaired) electrons. The molecule has 5 heteroatoms. The Hall–Kier alpha value is -0.390. The van der Waals surface area contributed by atoms with Gasteiger partial charge in [-0.25, -0.2) is 0 Å². The first-order chi connectivity index (χ1) is 8.06. The van der Waals surface area contributed by atoms with Crippen molar-refractivity contribution < 1.29 is 9.53 Å². The average Bonchev–Trinajstić information content (AvgIpc) is 2.74. The van der Waals surface area contributed by atoms with Crippen molar-refractivity contribution in [3.8, 4) is 0 Å². The van der Waals surface area contributed by atoms with Crippen LogP contribution in [0.5, 0.6) is 0 Å². The largest absolute Gasteiger partial charge is 0.385 e. The summed E-state index contributed by atoms with van der Waals surface area (Å²) in [6.07, 6.45) is 0.875. The maximum Gasteiger partial charge on any atom is 0.230 e. The Labute approximate surface area is 115 Å². The Morgan fingerprint density at radius 1 is 1.59 bits per heavy atom. The predicted molar refractivity (Wildman–Crippen MR) is 74.6 cm³/mol. The molecule has 1 aromatic heterocycles. The van der Waals surface area contributed by atoms with Gasteiger partial charge in [0.25, 0.3) is 0 Å². The van der Waals surface area contributed by atoms with Gasteiger partial charge in [0.15, 0.2) is 0 Å². The first kappa shape index (κ1) is 14.7. The summed E-state index contributed by atoms with van der Waals surface area (Å²) in [6.45, 7) is 3.38. The second kappa shape index (κ2) is 7.13. The van der Waals surface area contributed by atoms with Gasteiger partial charge in [0.05, 0.1) is 9.70 Å². The molecule has 0 N–H and O–H groups in total.